The lowest BCUT2D eigenvalue weighted by molar-refractivity contribution is 0.224. The highest BCUT2D eigenvalue weighted by molar-refractivity contribution is 7.92. The Balaban J connectivity index is 2.12. The summed E-state index contributed by atoms with van der Waals surface area (Å²) in [4.78, 5) is 0. The van der Waals surface area contributed by atoms with Crippen LogP contribution in [0.25, 0.3) is 6.08 Å². The van der Waals surface area contributed by atoms with Crippen molar-refractivity contribution in [3.05, 3.63) is 40.3 Å². The molecule has 1 fully saturated rings. The van der Waals surface area contributed by atoms with Crippen LogP contribution in [0.1, 0.15) is 25.8 Å². The minimum atomic E-state index is -3.34. The Morgan fingerprint density at radius 3 is 2.25 bits per heavy atom. The Morgan fingerprint density at radius 2 is 1.70 bits per heavy atom. The summed E-state index contributed by atoms with van der Waals surface area (Å²) in [5.41, 5.74) is 0.830. The average Bonchev–Trinajstić information content (AvgIpc) is 2.37. The van der Waals surface area contributed by atoms with Crippen LogP contribution in [0, 0.1) is 11.8 Å². The Morgan fingerprint density at radius 1 is 1.15 bits per heavy atom. The maximum absolute atomic E-state index is 12.3. The quantitative estimate of drug-likeness (QED) is 0.854. The van der Waals surface area contributed by atoms with Crippen LogP contribution < -0.4 is 0 Å². The normalized spacial score (nSPS) is 25.1. The molecule has 0 saturated carbocycles. The zero-order valence-electron chi connectivity index (χ0n) is 11.8. The molecular weight excluding hydrogens is 294 g/mol. The van der Waals surface area contributed by atoms with Crippen LogP contribution in [-0.4, -0.2) is 25.8 Å². The van der Waals surface area contributed by atoms with Gasteiger partial charge in [0.15, 0.2) is 0 Å². The number of hydrogen-bond acceptors (Lipinski definition) is 2. The zero-order chi connectivity index (χ0) is 14.8. The molecule has 1 aliphatic rings. The molecule has 0 unspecified atom stereocenters. The molecular formula is C15H20ClNO2S. The van der Waals surface area contributed by atoms with Gasteiger partial charge in [-0.1, -0.05) is 37.6 Å². The monoisotopic (exact) mass is 313 g/mol. The SMILES string of the molecule is C[C@@H]1C[C@@H](C)CN(S(=O)(=O)/C=C/c2ccc(Cl)cc2)C1. The van der Waals surface area contributed by atoms with Gasteiger partial charge in [0.25, 0.3) is 0 Å². The molecule has 0 spiro atoms. The molecule has 2 atom stereocenters. The molecule has 1 aliphatic heterocycles. The molecule has 0 aromatic heterocycles. The smallest absolute Gasteiger partial charge is 0.208 e. The Bertz CT molecular complexity index is 570. The first-order chi connectivity index (χ1) is 9.37. The summed E-state index contributed by atoms with van der Waals surface area (Å²) >= 11 is 5.80. The summed E-state index contributed by atoms with van der Waals surface area (Å²) in [6, 6.07) is 7.10. The van der Waals surface area contributed by atoms with Gasteiger partial charge in [0.1, 0.15) is 0 Å². The van der Waals surface area contributed by atoms with Crippen molar-refractivity contribution in [1.29, 1.82) is 0 Å². The number of hydrogen-bond donors (Lipinski definition) is 0. The average molecular weight is 314 g/mol. The van der Waals surface area contributed by atoms with E-state index in [1.54, 1.807) is 34.6 Å². The number of sulfonamides is 1. The van der Waals surface area contributed by atoms with Crippen LogP contribution in [0.4, 0.5) is 0 Å². The third-order valence-electron chi connectivity index (χ3n) is 3.50. The summed E-state index contributed by atoms with van der Waals surface area (Å²) in [7, 11) is -3.34. The molecule has 1 saturated heterocycles. The molecule has 0 bridgehead atoms. The zero-order valence-corrected chi connectivity index (χ0v) is 13.4. The van der Waals surface area contributed by atoms with E-state index in [9.17, 15) is 8.42 Å². The van der Waals surface area contributed by atoms with Gasteiger partial charge < -0.3 is 0 Å². The Kier molecular flexibility index (Phi) is 4.89. The second-order valence-corrected chi connectivity index (χ2v) is 7.92. The van der Waals surface area contributed by atoms with E-state index < -0.39 is 10.0 Å². The first kappa shape index (κ1) is 15.5. The van der Waals surface area contributed by atoms with Gasteiger partial charge in [-0.3, -0.25) is 0 Å². The third kappa shape index (κ3) is 4.08. The van der Waals surface area contributed by atoms with Crippen LogP contribution in [0.3, 0.4) is 0 Å². The van der Waals surface area contributed by atoms with Gasteiger partial charge in [-0.15, -0.1) is 0 Å². The van der Waals surface area contributed by atoms with E-state index in [-0.39, 0.29) is 0 Å². The summed E-state index contributed by atoms with van der Waals surface area (Å²) in [6.45, 7) is 5.41. The van der Waals surface area contributed by atoms with E-state index in [1.807, 2.05) is 0 Å². The van der Waals surface area contributed by atoms with Gasteiger partial charge in [-0.25, -0.2) is 8.42 Å². The van der Waals surface area contributed by atoms with E-state index in [4.69, 9.17) is 11.6 Å². The van der Waals surface area contributed by atoms with Crippen LogP contribution in [0.2, 0.25) is 5.02 Å². The maximum atomic E-state index is 12.3. The van der Waals surface area contributed by atoms with Gasteiger partial charge in [0.2, 0.25) is 10.0 Å². The lowest BCUT2D eigenvalue weighted by Gasteiger charge is -2.33. The number of halogens is 1. The standard InChI is InChI=1S/C15H20ClNO2S/c1-12-9-13(2)11-17(10-12)20(18,19)8-7-14-3-5-15(16)6-4-14/h3-8,12-13H,9-11H2,1-2H3/b8-7+/t12-,13-/m1/s1. The molecule has 110 valence electrons. The maximum Gasteiger partial charge on any atom is 0.236 e. The molecule has 0 aliphatic carbocycles. The van der Waals surface area contributed by atoms with Gasteiger partial charge in [-0.05, 0) is 42.0 Å². The largest absolute Gasteiger partial charge is 0.236 e. The summed E-state index contributed by atoms with van der Waals surface area (Å²) in [5.74, 6) is 0.829. The van der Waals surface area contributed by atoms with Crippen molar-refractivity contribution in [2.24, 2.45) is 11.8 Å². The van der Waals surface area contributed by atoms with Crippen LogP contribution in [-0.2, 0) is 10.0 Å². The molecule has 1 heterocycles. The van der Waals surface area contributed by atoms with E-state index in [2.05, 4.69) is 13.8 Å². The number of piperidine rings is 1. The van der Waals surface area contributed by atoms with Gasteiger partial charge in [0.05, 0.1) is 0 Å². The van der Waals surface area contributed by atoms with E-state index in [1.165, 1.54) is 5.41 Å². The van der Waals surface area contributed by atoms with E-state index in [0.29, 0.717) is 29.9 Å². The summed E-state index contributed by atoms with van der Waals surface area (Å²) in [5, 5.41) is 1.93. The van der Waals surface area contributed by atoms with Crippen molar-refractivity contribution in [3.8, 4) is 0 Å². The van der Waals surface area contributed by atoms with Crippen molar-refractivity contribution >= 4 is 27.7 Å². The lowest BCUT2D eigenvalue weighted by Crippen LogP contribution is -2.41. The van der Waals surface area contributed by atoms with Crippen molar-refractivity contribution in [2.45, 2.75) is 20.3 Å². The van der Waals surface area contributed by atoms with Crippen LogP contribution in [0.5, 0.6) is 0 Å². The fourth-order valence-electron chi connectivity index (χ4n) is 2.64. The minimum Gasteiger partial charge on any atom is -0.208 e. The molecule has 0 amide bonds. The molecule has 0 radical (unpaired) electrons. The predicted molar refractivity (Wildman–Crippen MR) is 83.9 cm³/mol. The summed E-state index contributed by atoms with van der Waals surface area (Å²) < 4.78 is 26.2. The molecule has 20 heavy (non-hydrogen) atoms. The lowest BCUT2D eigenvalue weighted by atomic mass is 9.94. The molecule has 5 heteroatoms. The van der Waals surface area contributed by atoms with Crippen LogP contribution in [0.15, 0.2) is 29.7 Å². The molecule has 3 nitrogen and oxygen atoms in total. The fourth-order valence-corrected chi connectivity index (χ4v) is 4.19. The molecule has 1 aromatic carbocycles. The predicted octanol–water partition coefficient (Wildman–Crippen LogP) is 3.62. The Labute approximate surface area is 126 Å². The van der Waals surface area contributed by atoms with Crippen molar-refractivity contribution in [2.75, 3.05) is 13.1 Å². The third-order valence-corrected chi connectivity index (χ3v) is 5.25. The second-order valence-electron chi connectivity index (χ2n) is 5.66. The highest BCUT2D eigenvalue weighted by Gasteiger charge is 2.28. The molecule has 0 N–H and O–H groups in total. The summed E-state index contributed by atoms with van der Waals surface area (Å²) in [6.07, 6.45) is 2.71. The minimum absolute atomic E-state index is 0.414. The number of nitrogens with zero attached hydrogens (tertiary/aromatic N) is 1. The van der Waals surface area contributed by atoms with Gasteiger partial charge in [-0.2, -0.15) is 4.31 Å². The topological polar surface area (TPSA) is 37.4 Å². The van der Waals surface area contributed by atoms with E-state index >= 15 is 0 Å². The van der Waals surface area contributed by atoms with Crippen molar-refractivity contribution in [1.82, 2.24) is 4.31 Å². The fraction of sp³-hybridized carbons (Fsp3) is 0.467. The van der Waals surface area contributed by atoms with Crippen LogP contribution >= 0.6 is 11.6 Å². The number of benzene rings is 1. The first-order valence-corrected chi connectivity index (χ1v) is 8.69. The highest BCUT2D eigenvalue weighted by atomic mass is 35.5. The Hall–Kier alpha value is -0.840. The highest BCUT2D eigenvalue weighted by Crippen LogP contribution is 2.24. The second kappa shape index (κ2) is 6.29. The first-order valence-electron chi connectivity index (χ1n) is 6.80. The van der Waals surface area contributed by atoms with Crippen molar-refractivity contribution < 1.29 is 8.42 Å². The van der Waals surface area contributed by atoms with Gasteiger partial charge in [0, 0.05) is 23.5 Å². The number of rotatable bonds is 3. The molecule has 2 rings (SSSR count). The van der Waals surface area contributed by atoms with Crippen molar-refractivity contribution in [3.63, 3.8) is 0 Å². The van der Waals surface area contributed by atoms with E-state index in [0.717, 1.165) is 12.0 Å². The van der Waals surface area contributed by atoms with Gasteiger partial charge >= 0.3 is 0 Å². The molecule has 1 aromatic rings.